The summed E-state index contributed by atoms with van der Waals surface area (Å²) in [7, 11) is 1.90. The summed E-state index contributed by atoms with van der Waals surface area (Å²) in [6.07, 6.45) is -0.0927. The van der Waals surface area contributed by atoms with Crippen LogP contribution in [0, 0.1) is 41.5 Å². The molecule has 4 aromatic carbocycles. The second-order valence-corrected chi connectivity index (χ2v) is 11.1. The second-order valence-electron chi connectivity index (χ2n) is 11.1. The van der Waals surface area contributed by atoms with E-state index in [1.807, 2.05) is 11.9 Å². The number of nitrogens with zero attached hydrogens (tertiary/aromatic N) is 1. The fourth-order valence-corrected chi connectivity index (χ4v) is 6.49. The summed E-state index contributed by atoms with van der Waals surface area (Å²) in [5.41, 5.74) is 15.2. The van der Waals surface area contributed by atoms with Crippen molar-refractivity contribution in [2.24, 2.45) is 0 Å². The van der Waals surface area contributed by atoms with Gasteiger partial charge >= 0.3 is 0 Å². The smallest absolute Gasteiger partial charge is 0.237 e. The molecule has 1 saturated heterocycles. The maximum Gasteiger partial charge on any atom is 0.237 e. The molecule has 194 valence electrons. The summed E-state index contributed by atoms with van der Waals surface area (Å²) in [6, 6.07) is 26.9. The summed E-state index contributed by atoms with van der Waals surface area (Å²) in [4.78, 5) is 14.4. The molecule has 0 unspecified atom stereocenters. The lowest BCUT2D eigenvalue weighted by Gasteiger charge is -2.30. The predicted molar refractivity (Wildman–Crippen MR) is 159 cm³/mol. The van der Waals surface area contributed by atoms with E-state index >= 15 is 0 Å². The molecule has 5 rings (SSSR count). The van der Waals surface area contributed by atoms with Gasteiger partial charge in [-0.25, -0.2) is 0 Å². The minimum atomic E-state index is -0.0927. The van der Waals surface area contributed by atoms with E-state index in [0.717, 1.165) is 0 Å². The minimum absolute atomic E-state index is 0.0231. The normalized spacial score (nSPS) is 15.5. The van der Waals surface area contributed by atoms with E-state index in [-0.39, 0.29) is 18.0 Å². The average Bonchev–Trinajstić information content (AvgIpc) is 3.18. The van der Waals surface area contributed by atoms with Gasteiger partial charge in [-0.3, -0.25) is 10.1 Å². The molecule has 38 heavy (non-hydrogen) atoms. The largest absolute Gasteiger partial charge is 0.328 e. The zero-order valence-corrected chi connectivity index (χ0v) is 23.6. The Bertz CT molecular complexity index is 1350. The Balaban J connectivity index is 1.54. The molecule has 1 heterocycles. The molecule has 1 amide bonds. The number of carbonyl (C=O) groups is 1. The van der Waals surface area contributed by atoms with E-state index < -0.39 is 0 Å². The molecule has 1 aliphatic rings. The SMILES string of the molecule is Cc1cc(C)c(-c2ccc(C(c3ccc(-c4c(C)cc(C)cc4C)cc3)[C@H]3NCC(=O)N3C)cc2)c(C)c1. The third-order valence-electron chi connectivity index (χ3n) is 8.06. The van der Waals surface area contributed by atoms with Gasteiger partial charge in [-0.1, -0.05) is 83.9 Å². The van der Waals surface area contributed by atoms with Crippen molar-refractivity contribution >= 4 is 5.91 Å². The number of rotatable bonds is 5. The maximum atomic E-state index is 12.5. The first-order valence-electron chi connectivity index (χ1n) is 13.5. The fraction of sp³-hybridized carbons (Fsp3) is 0.286. The molecule has 0 spiro atoms. The molecule has 1 atom stereocenters. The van der Waals surface area contributed by atoms with Gasteiger partial charge in [-0.15, -0.1) is 0 Å². The molecule has 0 radical (unpaired) electrons. The molecule has 0 aromatic heterocycles. The second kappa shape index (κ2) is 10.2. The van der Waals surface area contributed by atoms with Gasteiger partial charge in [0, 0.05) is 13.0 Å². The van der Waals surface area contributed by atoms with Crippen LogP contribution in [0.2, 0.25) is 0 Å². The summed E-state index contributed by atoms with van der Waals surface area (Å²) >= 11 is 0. The van der Waals surface area contributed by atoms with Gasteiger partial charge in [0.25, 0.3) is 0 Å². The number of hydrogen-bond donors (Lipinski definition) is 1. The van der Waals surface area contributed by atoms with Gasteiger partial charge in [0.05, 0.1) is 12.7 Å². The van der Waals surface area contributed by atoms with Gasteiger partial charge in [0.1, 0.15) is 0 Å². The van der Waals surface area contributed by atoms with Gasteiger partial charge in [-0.2, -0.15) is 0 Å². The highest BCUT2D eigenvalue weighted by Crippen LogP contribution is 2.36. The summed E-state index contributed by atoms with van der Waals surface area (Å²) in [5, 5.41) is 3.47. The Morgan fingerprint density at radius 3 is 1.34 bits per heavy atom. The van der Waals surface area contributed by atoms with Crippen LogP contribution in [0.15, 0.2) is 72.8 Å². The number of amides is 1. The van der Waals surface area contributed by atoms with Crippen LogP contribution in [0.1, 0.15) is 50.4 Å². The van der Waals surface area contributed by atoms with E-state index in [1.54, 1.807) is 0 Å². The highest BCUT2D eigenvalue weighted by molar-refractivity contribution is 5.81. The van der Waals surface area contributed by atoms with Crippen molar-refractivity contribution in [1.29, 1.82) is 0 Å². The van der Waals surface area contributed by atoms with Crippen molar-refractivity contribution in [3.05, 3.63) is 117 Å². The molecule has 3 heteroatoms. The number of aryl methyl sites for hydroxylation is 6. The van der Waals surface area contributed by atoms with Crippen molar-refractivity contribution in [3.63, 3.8) is 0 Å². The number of likely N-dealkylation sites (N-methyl/N-ethyl adjacent to an activating group) is 1. The van der Waals surface area contributed by atoms with E-state index in [9.17, 15) is 4.79 Å². The van der Waals surface area contributed by atoms with Crippen LogP contribution in [-0.4, -0.2) is 30.6 Å². The quantitative estimate of drug-likeness (QED) is 0.309. The van der Waals surface area contributed by atoms with Crippen LogP contribution in [0.5, 0.6) is 0 Å². The minimum Gasteiger partial charge on any atom is -0.328 e. The molecule has 3 nitrogen and oxygen atoms in total. The van der Waals surface area contributed by atoms with Crippen molar-refractivity contribution < 1.29 is 4.79 Å². The highest BCUT2D eigenvalue weighted by atomic mass is 16.2. The van der Waals surface area contributed by atoms with Crippen LogP contribution in [0.3, 0.4) is 0 Å². The monoisotopic (exact) mass is 502 g/mol. The Morgan fingerprint density at radius 1 is 0.658 bits per heavy atom. The van der Waals surface area contributed by atoms with Gasteiger partial charge in [-0.05, 0) is 97.2 Å². The molecular weight excluding hydrogens is 464 g/mol. The molecular formula is C35H38N2O. The van der Waals surface area contributed by atoms with Gasteiger partial charge in [0.15, 0.2) is 0 Å². The van der Waals surface area contributed by atoms with E-state index in [4.69, 9.17) is 0 Å². The standard InChI is InChI=1S/C35H38N2O/c1-21-16-23(3)32(24(4)17-21)27-8-12-29(13-9-27)34(35-36-20-31(38)37(35)7)30-14-10-28(11-15-30)33-25(5)18-22(2)19-26(33)6/h8-19,34-36H,20H2,1-7H3/t35-/m0/s1. The zero-order chi connectivity index (χ0) is 27.1. The molecule has 1 N–H and O–H groups in total. The molecule has 4 aromatic rings. The summed E-state index contributed by atoms with van der Waals surface area (Å²) < 4.78 is 0. The summed E-state index contributed by atoms with van der Waals surface area (Å²) in [6.45, 7) is 13.4. The topological polar surface area (TPSA) is 32.3 Å². The van der Waals surface area contributed by atoms with Crippen LogP contribution >= 0.6 is 0 Å². The zero-order valence-electron chi connectivity index (χ0n) is 23.6. The Labute approximate surface area is 227 Å². The molecule has 0 aliphatic carbocycles. The molecule has 0 saturated carbocycles. The van der Waals surface area contributed by atoms with E-state index in [2.05, 4.69) is 120 Å². The first-order valence-corrected chi connectivity index (χ1v) is 13.5. The number of hydrogen-bond acceptors (Lipinski definition) is 2. The Hall–Kier alpha value is -3.69. The third kappa shape index (κ3) is 4.79. The number of benzene rings is 4. The predicted octanol–water partition coefficient (Wildman–Crippen LogP) is 7.39. The van der Waals surface area contributed by atoms with Crippen LogP contribution in [-0.2, 0) is 4.79 Å². The average molecular weight is 503 g/mol. The van der Waals surface area contributed by atoms with E-state index in [1.165, 1.54) is 66.8 Å². The fourth-order valence-electron chi connectivity index (χ4n) is 6.49. The summed E-state index contributed by atoms with van der Waals surface area (Å²) in [5.74, 6) is 0.153. The number of nitrogens with one attached hydrogen (secondary N) is 1. The van der Waals surface area contributed by atoms with Crippen molar-refractivity contribution in [2.45, 2.75) is 53.6 Å². The molecule has 1 aliphatic heterocycles. The highest BCUT2D eigenvalue weighted by Gasteiger charge is 2.35. The molecule has 0 bridgehead atoms. The van der Waals surface area contributed by atoms with Crippen LogP contribution in [0.4, 0.5) is 0 Å². The van der Waals surface area contributed by atoms with Crippen molar-refractivity contribution in [1.82, 2.24) is 10.2 Å². The lowest BCUT2D eigenvalue weighted by atomic mass is 9.85. The first-order chi connectivity index (χ1) is 18.1. The molecule has 1 fully saturated rings. The van der Waals surface area contributed by atoms with Crippen molar-refractivity contribution in [2.75, 3.05) is 13.6 Å². The number of carbonyl (C=O) groups excluding carboxylic acids is 1. The van der Waals surface area contributed by atoms with Crippen LogP contribution < -0.4 is 5.32 Å². The Morgan fingerprint density at radius 2 is 1.03 bits per heavy atom. The van der Waals surface area contributed by atoms with Gasteiger partial charge < -0.3 is 4.90 Å². The van der Waals surface area contributed by atoms with Crippen molar-refractivity contribution in [3.8, 4) is 22.3 Å². The van der Waals surface area contributed by atoms with Gasteiger partial charge in [0.2, 0.25) is 5.91 Å². The lowest BCUT2D eigenvalue weighted by molar-refractivity contribution is -0.126. The van der Waals surface area contributed by atoms with Crippen LogP contribution in [0.25, 0.3) is 22.3 Å². The third-order valence-corrected chi connectivity index (χ3v) is 8.06. The Kier molecular flexibility index (Phi) is 6.98. The van der Waals surface area contributed by atoms with E-state index in [0.29, 0.717) is 6.54 Å². The lowest BCUT2D eigenvalue weighted by Crippen LogP contribution is -2.40. The maximum absolute atomic E-state index is 12.5. The first kappa shape index (κ1) is 25.9.